The van der Waals surface area contributed by atoms with E-state index < -0.39 is 12.0 Å². The summed E-state index contributed by atoms with van der Waals surface area (Å²) in [6, 6.07) is -0.610. The van der Waals surface area contributed by atoms with Crippen LogP contribution in [0.4, 0.5) is 5.82 Å². The molecule has 112 valence electrons. The highest BCUT2D eigenvalue weighted by Gasteiger charge is 2.24. The SMILES string of the molecule is CCC(Nc1ncnc2sc3c(c12)CCC(C)C3)C(=O)O. The van der Waals surface area contributed by atoms with Crippen molar-refractivity contribution in [2.24, 2.45) is 5.92 Å². The molecule has 0 spiro atoms. The van der Waals surface area contributed by atoms with Gasteiger partial charge >= 0.3 is 5.97 Å². The first kappa shape index (κ1) is 14.3. The summed E-state index contributed by atoms with van der Waals surface area (Å²) in [5.74, 6) is 0.528. The number of fused-ring (bicyclic) bond motifs is 3. The summed E-state index contributed by atoms with van der Waals surface area (Å²) in [5, 5.41) is 13.3. The van der Waals surface area contributed by atoms with Crippen LogP contribution in [0.25, 0.3) is 10.2 Å². The Hall–Kier alpha value is -1.69. The Balaban J connectivity index is 2.05. The van der Waals surface area contributed by atoms with Gasteiger partial charge in [0.15, 0.2) is 0 Å². The maximum atomic E-state index is 11.2. The van der Waals surface area contributed by atoms with Gasteiger partial charge in [-0.05, 0) is 37.2 Å². The summed E-state index contributed by atoms with van der Waals surface area (Å²) in [7, 11) is 0. The van der Waals surface area contributed by atoms with Gasteiger partial charge in [0.05, 0.1) is 5.39 Å². The minimum atomic E-state index is -0.845. The summed E-state index contributed by atoms with van der Waals surface area (Å²) < 4.78 is 0. The molecule has 0 bridgehead atoms. The van der Waals surface area contributed by atoms with Gasteiger partial charge in [-0.15, -0.1) is 11.3 Å². The molecule has 2 atom stereocenters. The van der Waals surface area contributed by atoms with Crippen molar-refractivity contribution in [3.63, 3.8) is 0 Å². The Kier molecular flexibility index (Phi) is 3.80. The number of nitrogens with zero attached hydrogens (tertiary/aromatic N) is 2. The largest absolute Gasteiger partial charge is 0.480 e. The summed E-state index contributed by atoms with van der Waals surface area (Å²) in [4.78, 5) is 22.3. The molecule has 1 aliphatic carbocycles. The van der Waals surface area contributed by atoms with E-state index in [1.165, 1.54) is 23.2 Å². The normalized spacial score (nSPS) is 19.2. The molecule has 0 saturated heterocycles. The lowest BCUT2D eigenvalue weighted by Gasteiger charge is -2.19. The second-order valence-electron chi connectivity index (χ2n) is 5.70. The summed E-state index contributed by atoms with van der Waals surface area (Å²) in [6.45, 7) is 4.13. The molecule has 2 unspecified atom stereocenters. The first-order valence-corrected chi connectivity index (χ1v) is 8.16. The van der Waals surface area contributed by atoms with Gasteiger partial charge in [0, 0.05) is 4.88 Å². The zero-order valence-electron chi connectivity index (χ0n) is 12.2. The number of aliphatic carboxylic acids is 1. The lowest BCUT2D eigenvalue weighted by Crippen LogP contribution is -2.28. The van der Waals surface area contributed by atoms with Crippen LogP contribution in [0.5, 0.6) is 0 Å². The number of nitrogens with one attached hydrogen (secondary N) is 1. The van der Waals surface area contributed by atoms with Crippen molar-refractivity contribution in [1.82, 2.24) is 9.97 Å². The molecule has 2 aromatic rings. The van der Waals surface area contributed by atoms with Gasteiger partial charge in [0.25, 0.3) is 0 Å². The zero-order chi connectivity index (χ0) is 15.0. The van der Waals surface area contributed by atoms with Gasteiger partial charge < -0.3 is 10.4 Å². The quantitative estimate of drug-likeness (QED) is 0.908. The van der Waals surface area contributed by atoms with Crippen LogP contribution in [-0.2, 0) is 17.6 Å². The minimum Gasteiger partial charge on any atom is -0.480 e. The number of aryl methyl sites for hydroxylation is 1. The molecule has 5 nitrogen and oxygen atoms in total. The molecular formula is C15H19N3O2S. The predicted octanol–water partition coefficient (Wildman–Crippen LogP) is 3.09. The van der Waals surface area contributed by atoms with Gasteiger partial charge in [-0.3, -0.25) is 0 Å². The number of carboxylic acid groups (broad SMARTS) is 1. The average Bonchev–Trinajstić information content (AvgIpc) is 2.82. The smallest absolute Gasteiger partial charge is 0.326 e. The van der Waals surface area contributed by atoms with Gasteiger partial charge in [-0.2, -0.15) is 0 Å². The molecule has 0 fully saturated rings. The van der Waals surface area contributed by atoms with E-state index in [0.29, 0.717) is 18.2 Å². The van der Waals surface area contributed by atoms with Crippen molar-refractivity contribution < 1.29 is 9.90 Å². The first-order chi connectivity index (χ1) is 10.1. The maximum absolute atomic E-state index is 11.2. The van der Waals surface area contributed by atoms with Crippen LogP contribution in [-0.4, -0.2) is 27.1 Å². The van der Waals surface area contributed by atoms with Crippen LogP contribution >= 0.6 is 11.3 Å². The van der Waals surface area contributed by atoms with E-state index in [2.05, 4.69) is 22.2 Å². The summed E-state index contributed by atoms with van der Waals surface area (Å²) in [6.07, 6.45) is 5.33. The fourth-order valence-corrected chi connectivity index (χ4v) is 4.24. The first-order valence-electron chi connectivity index (χ1n) is 7.34. The molecule has 21 heavy (non-hydrogen) atoms. The number of rotatable bonds is 4. The highest BCUT2D eigenvalue weighted by Crippen LogP contribution is 2.39. The van der Waals surface area contributed by atoms with Crippen molar-refractivity contribution in [1.29, 1.82) is 0 Å². The van der Waals surface area contributed by atoms with E-state index in [0.717, 1.165) is 23.1 Å². The van der Waals surface area contributed by atoms with E-state index in [-0.39, 0.29) is 0 Å². The van der Waals surface area contributed by atoms with Gasteiger partial charge in [-0.25, -0.2) is 14.8 Å². The zero-order valence-corrected chi connectivity index (χ0v) is 13.0. The number of anilines is 1. The van der Waals surface area contributed by atoms with Crippen molar-refractivity contribution >= 4 is 33.3 Å². The number of thiophene rings is 1. The van der Waals surface area contributed by atoms with Gasteiger partial charge in [0.2, 0.25) is 0 Å². The highest BCUT2D eigenvalue weighted by molar-refractivity contribution is 7.19. The average molecular weight is 305 g/mol. The van der Waals surface area contributed by atoms with E-state index in [1.807, 2.05) is 6.92 Å². The summed E-state index contributed by atoms with van der Waals surface area (Å²) in [5.41, 5.74) is 1.32. The molecule has 0 radical (unpaired) electrons. The molecule has 0 saturated carbocycles. The Morgan fingerprint density at radius 3 is 3.10 bits per heavy atom. The molecule has 6 heteroatoms. The van der Waals surface area contributed by atoms with Crippen molar-refractivity contribution in [3.05, 3.63) is 16.8 Å². The molecule has 2 heterocycles. The molecule has 0 aromatic carbocycles. The van der Waals surface area contributed by atoms with Gasteiger partial charge in [-0.1, -0.05) is 13.8 Å². The molecule has 2 N–H and O–H groups in total. The second-order valence-corrected chi connectivity index (χ2v) is 6.78. The maximum Gasteiger partial charge on any atom is 0.326 e. The number of carbonyl (C=O) groups is 1. The van der Waals surface area contributed by atoms with Gasteiger partial charge in [0.1, 0.15) is 23.0 Å². The standard InChI is InChI=1S/C15H19N3O2S/c1-3-10(15(19)20)18-13-12-9-5-4-8(2)6-11(9)21-14(12)17-7-16-13/h7-8,10H,3-6H2,1-2H3,(H,19,20)(H,16,17,18). The van der Waals surface area contributed by atoms with Crippen molar-refractivity contribution in [3.8, 4) is 0 Å². The summed E-state index contributed by atoms with van der Waals surface area (Å²) >= 11 is 1.72. The molecule has 0 amide bonds. The monoisotopic (exact) mass is 305 g/mol. The van der Waals surface area contributed by atoms with E-state index in [4.69, 9.17) is 0 Å². The fourth-order valence-electron chi connectivity index (χ4n) is 2.89. The molecular weight excluding hydrogens is 286 g/mol. The lowest BCUT2D eigenvalue weighted by molar-refractivity contribution is -0.137. The van der Waals surface area contributed by atoms with Crippen LogP contribution in [0, 0.1) is 5.92 Å². The third kappa shape index (κ3) is 2.60. The predicted molar refractivity (Wildman–Crippen MR) is 83.9 cm³/mol. The van der Waals surface area contributed by atoms with E-state index >= 15 is 0 Å². The number of aromatic nitrogens is 2. The Labute approximate surface area is 127 Å². The highest BCUT2D eigenvalue weighted by atomic mass is 32.1. The third-order valence-corrected chi connectivity index (χ3v) is 5.27. The topological polar surface area (TPSA) is 75.1 Å². The van der Waals surface area contributed by atoms with Crippen LogP contribution in [0.3, 0.4) is 0 Å². The molecule has 2 aromatic heterocycles. The van der Waals surface area contributed by atoms with Crippen LogP contribution in [0.1, 0.15) is 37.1 Å². The Bertz CT molecular complexity index is 683. The lowest BCUT2D eigenvalue weighted by atomic mass is 9.89. The van der Waals surface area contributed by atoms with E-state index in [1.54, 1.807) is 11.3 Å². The minimum absolute atomic E-state index is 0.518. The fraction of sp³-hybridized carbons (Fsp3) is 0.533. The molecule has 1 aliphatic rings. The second kappa shape index (κ2) is 5.60. The van der Waals surface area contributed by atoms with Crippen LogP contribution in [0.15, 0.2) is 6.33 Å². The Morgan fingerprint density at radius 1 is 1.57 bits per heavy atom. The Morgan fingerprint density at radius 2 is 2.38 bits per heavy atom. The number of carboxylic acids is 1. The van der Waals surface area contributed by atoms with Crippen LogP contribution < -0.4 is 5.32 Å². The van der Waals surface area contributed by atoms with Crippen molar-refractivity contribution in [2.45, 2.75) is 45.6 Å². The number of hydrogen-bond acceptors (Lipinski definition) is 5. The molecule has 0 aliphatic heterocycles. The van der Waals surface area contributed by atoms with Crippen molar-refractivity contribution in [2.75, 3.05) is 5.32 Å². The third-order valence-electron chi connectivity index (χ3n) is 4.11. The van der Waals surface area contributed by atoms with Crippen LogP contribution in [0.2, 0.25) is 0 Å². The molecule has 3 rings (SSSR count). The van der Waals surface area contributed by atoms with E-state index in [9.17, 15) is 9.90 Å². The number of hydrogen-bond donors (Lipinski definition) is 2.